The van der Waals surface area contributed by atoms with Gasteiger partial charge in [-0.25, -0.2) is 0 Å². The zero-order valence-corrected chi connectivity index (χ0v) is 5.37. The SMILES string of the molecule is C#C[C@@H](O)[C@H](C=C)OC. The number of terminal acetylenes is 1. The first-order valence-electron chi connectivity index (χ1n) is 2.55. The lowest BCUT2D eigenvalue weighted by atomic mass is 10.2. The Hall–Kier alpha value is -0.780. The molecule has 0 heterocycles. The van der Waals surface area contributed by atoms with Crippen LogP contribution in [-0.2, 0) is 4.74 Å². The summed E-state index contributed by atoms with van der Waals surface area (Å²) in [7, 11) is 1.47. The minimum absolute atomic E-state index is 0.449. The van der Waals surface area contributed by atoms with Crippen LogP contribution in [0.4, 0.5) is 0 Å². The largest absolute Gasteiger partial charge is 0.377 e. The third-order valence-corrected chi connectivity index (χ3v) is 0.986. The Bertz CT molecular complexity index is 123. The second-order valence-corrected chi connectivity index (χ2v) is 1.55. The van der Waals surface area contributed by atoms with Crippen LogP contribution in [0.25, 0.3) is 0 Å². The van der Waals surface area contributed by atoms with Gasteiger partial charge < -0.3 is 9.84 Å². The predicted octanol–water partition coefficient (Wildman–Crippen LogP) is 0.181. The van der Waals surface area contributed by atoms with Crippen molar-refractivity contribution in [3.8, 4) is 12.3 Å². The standard InChI is InChI=1S/C7H10O2/c1-4-6(8)7(5-2)9-3/h1,5-8H,2H2,3H3/t6-,7+/m1/s1. The third kappa shape index (κ3) is 2.31. The zero-order valence-electron chi connectivity index (χ0n) is 5.37. The zero-order chi connectivity index (χ0) is 7.28. The van der Waals surface area contributed by atoms with Crippen LogP contribution in [0.2, 0.25) is 0 Å². The molecule has 2 heteroatoms. The van der Waals surface area contributed by atoms with Crippen molar-refractivity contribution in [2.75, 3.05) is 7.11 Å². The molecule has 0 unspecified atom stereocenters. The van der Waals surface area contributed by atoms with Crippen molar-refractivity contribution in [3.63, 3.8) is 0 Å². The van der Waals surface area contributed by atoms with Gasteiger partial charge in [0.25, 0.3) is 0 Å². The second kappa shape index (κ2) is 4.13. The number of hydrogen-bond acceptors (Lipinski definition) is 2. The molecule has 50 valence electrons. The highest BCUT2D eigenvalue weighted by Crippen LogP contribution is 1.96. The summed E-state index contributed by atoms with van der Waals surface area (Å²) in [6, 6.07) is 0. The summed E-state index contributed by atoms with van der Waals surface area (Å²) in [5, 5.41) is 8.89. The van der Waals surface area contributed by atoms with Gasteiger partial charge in [-0.15, -0.1) is 13.0 Å². The third-order valence-electron chi connectivity index (χ3n) is 0.986. The van der Waals surface area contributed by atoms with Gasteiger partial charge in [-0.2, -0.15) is 0 Å². The minimum Gasteiger partial charge on any atom is -0.377 e. The number of rotatable bonds is 3. The van der Waals surface area contributed by atoms with Gasteiger partial charge in [0, 0.05) is 7.11 Å². The topological polar surface area (TPSA) is 29.5 Å². The lowest BCUT2D eigenvalue weighted by molar-refractivity contribution is 0.0480. The van der Waals surface area contributed by atoms with E-state index in [2.05, 4.69) is 12.5 Å². The van der Waals surface area contributed by atoms with E-state index in [0.717, 1.165) is 0 Å². The lowest BCUT2D eigenvalue weighted by Gasteiger charge is -2.11. The molecular weight excluding hydrogens is 116 g/mol. The molecule has 2 atom stereocenters. The number of aliphatic hydroxyl groups excluding tert-OH is 1. The molecule has 1 N–H and O–H groups in total. The Morgan fingerprint density at radius 1 is 1.89 bits per heavy atom. The van der Waals surface area contributed by atoms with Crippen LogP contribution in [0.1, 0.15) is 0 Å². The molecule has 0 bridgehead atoms. The van der Waals surface area contributed by atoms with Crippen molar-refractivity contribution < 1.29 is 9.84 Å². The molecular formula is C7H10O2. The fourth-order valence-electron chi connectivity index (χ4n) is 0.449. The van der Waals surface area contributed by atoms with E-state index >= 15 is 0 Å². The molecule has 0 radical (unpaired) electrons. The van der Waals surface area contributed by atoms with Crippen LogP contribution >= 0.6 is 0 Å². The molecule has 0 rings (SSSR count). The van der Waals surface area contributed by atoms with Gasteiger partial charge in [0.1, 0.15) is 12.2 Å². The molecule has 0 aliphatic carbocycles. The number of aliphatic hydroxyl groups is 1. The quantitative estimate of drug-likeness (QED) is 0.432. The van der Waals surface area contributed by atoms with Gasteiger partial charge in [-0.05, 0) is 0 Å². The Labute approximate surface area is 55.1 Å². The van der Waals surface area contributed by atoms with Gasteiger partial charge in [-0.1, -0.05) is 12.0 Å². The first kappa shape index (κ1) is 8.22. The molecule has 0 aliphatic heterocycles. The maximum absolute atomic E-state index is 8.89. The summed E-state index contributed by atoms with van der Waals surface area (Å²) in [6.07, 6.45) is 5.03. The highest BCUT2D eigenvalue weighted by Gasteiger charge is 2.10. The van der Waals surface area contributed by atoms with Crippen molar-refractivity contribution in [1.82, 2.24) is 0 Å². The van der Waals surface area contributed by atoms with Gasteiger partial charge >= 0.3 is 0 Å². The van der Waals surface area contributed by atoms with Crippen LogP contribution in [0.5, 0.6) is 0 Å². The average Bonchev–Trinajstić information content (AvgIpc) is 1.90. The van der Waals surface area contributed by atoms with E-state index in [1.54, 1.807) is 0 Å². The van der Waals surface area contributed by atoms with Crippen LogP contribution in [0.15, 0.2) is 12.7 Å². The van der Waals surface area contributed by atoms with Crippen LogP contribution < -0.4 is 0 Å². The van der Waals surface area contributed by atoms with Gasteiger partial charge in [0.15, 0.2) is 0 Å². The fraction of sp³-hybridized carbons (Fsp3) is 0.429. The predicted molar refractivity (Wildman–Crippen MR) is 35.8 cm³/mol. The first-order valence-corrected chi connectivity index (χ1v) is 2.55. The summed E-state index contributed by atoms with van der Waals surface area (Å²) >= 11 is 0. The van der Waals surface area contributed by atoms with Gasteiger partial charge in [0.05, 0.1) is 0 Å². The highest BCUT2D eigenvalue weighted by molar-refractivity contribution is 5.03. The van der Waals surface area contributed by atoms with Gasteiger partial charge in [0.2, 0.25) is 0 Å². The van der Waals surface area contributed by atoms with Crippen LogP contribution in [-0.4, -0.2) is 24.4 Å². The van der Waals surface area contributed by atoms with Crippen molar-refractivity contribution in [2.24, 2.45) is 0 Å². The molecule has 0 aromatic carbocycles. The summed E-state index contributed by atoms with van der Waals surface area (Å²) in [4.78, 5) is 0. The lowest BCUT2D eigenvalue weighted by Crippen LogP contribution is -2.23. The molecule has 0 amide bonds. The minimum atomic E-state index is -0.882. The molecule has 2 nitrogen and oxygen atoms in total. The molecule has 0 spiro atoms. The number of methoxy groups -OCH3 is 1. The highest BCUT2D eigenvalue weighted by atomic mass is 16.5. The summed E-state index contributed by atoms with van der Waals surface area (Å²) in [5.41, 5.74) is 0. The smallest absolute Gasteiger partial charge is 0.144 e. The van der Waals surface area contributed by atoms with E-state index < -0.39 is 12.2 Å². The average molecular weight is 126 g/mol. The fourth-order valence-corrected chi connectivity index (χ4v) is 0.449. The van der Waals surface area contributed by atoms with Gasteiger partial charge in [-0.3, -0.25) is 0 Å². The normalized spacial score (nSPS) is 15.7. The molecule has 0 fully saturated rings. The summed E-state index contributed by atoms with van der Waals surface area (Å²) in [5.74, 6) is 2.13. The van der Waals surface area contributed by atoms with Crippen molar-refractivity contribution in [1.29, 1.82) is 0 Å². The summed E-state index contributed by atoms with van der Waals surface area (Å²) in [6.45, 7) is 3.42. The van der Waals surface area contributed by atoms with Crippen molar-refractivity contribution >= 4 is 0 Å². The van der Waals surface area contributed by atoms with Crippen LogP contribution in [0.3, 0.4) is 0 Å². The van der Waals surface area contributed by atoms with E-state index in [9.17, 15) is 0 Å². The Kier molecular flexibility index (Phi) is 3.78. The first-order chi connectivity index (χ1) is 4.26. The summed E-state index contributed by atoms with van der Waals surface area (Å²) < 4.78 is 4.74. The molecule has 0 saturated heterocycles. The molecule has 0 aliphatic rings. The maximum Gasteiger partial charge on any atom is 0.144 e. The van der Waals surface area contributed by atoms with E-state index in [-0.39, 0.29) is 0 Å². The maximum atomic E-state index is 8.89. The van der Waals surface area contributed by atoms with E-state index in [4.69, 9.17) is 16.3 Å². The van der Waals surface area contributed by atoms with E-state index in [0.29, 0.717) is 0 Å². The molecule has 0 aromatic heterocycles. The van der Waals surface area contributed by atoms with E-state index in [1.165, 1.54) is 13.2 Å². The number of ether oxygens (including phenoxy) is 1. The van der Waals surface area contributed by atoms with Crippen molar-refractivity contribution in [2.45, 2.75) is 12.2 Å². The molecule has 0 aromatic rings. The monoisotopic (exact) mass is 126 g/mol. The van der Waals surface area contributed by atoms with Crippen LogP contribution in [0, 0.1) is 12.3 Å². The van der Waals surface area contributed by atoms with E-state index in [1.807, 2.05) is 0 Å². The second-order valence-electron chi connectivity index (χ2n) is 1.55. The Morgan fingerprint density at radius 3 is 2.56 bits per heavy atom. The number of hydrogen-bond donors (Lipinski definition) is 1. The Balaban J connectivity index is 3.82. The Morgan fingerprint density at radius 2 is 2.44 bits per heavy atom. The van der Waals surface area contributed by atoms with Crippen molar-refractivity contribution in [3.05, 3.63) is 12.7 Å². The molecule has 0 saturated carbocycles. The molecule has 9 heavy (non-hydrogen) atoms.